The first kappa shape index (κ1) is 10.0. The van der Waals surface area contributed by atoms with E-state index in [0.717, 1.165) is 5.69 Å². The monoisotopic (exact) mass is 266 g/mol. The zero-order valence-corrected chi connectivity index (χ0v) is 9.45. The van der Waals surface area contributed by atoms with Crippen molar-refractivity contribution in [1.82, 2.24) is 9.97 Å². The molecule has 0 aliphatic rings. The molecule has 1 aromatic carbocycles. The van der Waals surface area contributed by atoms with E-state index in [1.54, 1.807) is 6.07 Å². The molecule has 0 unspecified atom stereocenters. The first-order valence-electron chi connectivity index (χ1n) is 4.25. The number of halogens is 1. The van der Waals surface area contributed by atoms with E-state index in [1.807, 2.05) is 6.92 Å². The van der Waals surface area contributed by atoms with E-state index in [-0.39, 0.29) is 5.56 Å². The van der Waals surface area contributed by atoms with Crippen LogP contribution in [-0.2, 0) is 0 Å². The third kappa shape index (κ3) is 1.83. The fourth-order valence-corrected chi connectivity index (χ4v) is 1.53. The zero-order chi connectivity index (χ0) is 11.0. The smallest absolute Gasteiger partial charge is 0.335 e. The number of aromatic carboxylic acids is 1. The fourth-order valence-electron chi connectivity index (χ4n) is 1.25. The molecule has 0 radical (unpaired) electrons. The lowest BCUT2D eigenvalue weighted by molar-refractivity contribution is 0.0697. The van der Waals surface area contributed by atoms with Gasteiger partial charge in [0, 0.05) is 0 Å². The van der Waals surface area contributed by atoms with Crippen LogP contribution in [0.2, 0.25) is 0 Å². The van der Waals surface area contributed by atoms with Gasteiger partial charge in [-0.1, -0.05) is 0 Å². The van der Waals surface area contributed by atoms with Crippen molar-refractivity contribution in [1.29, 1.82) is 0 Å². The molecule has 0 spiro atoms. The van der Waals surface area contributed by atoms with E-state index in [4.69, 9.17) is 5.11 Å². The number of hydrogen-bond acceptors (Lipinski definition) is 3. The summed E-state index contributed by atoms with van der Waals surface area (Å²) >= 11 is 3.26. The second kappa shape index (κ2) is 3.58. The SMILES string of the molecule is Cc1nc2ccc(C(=O)O)cc2nc1Br. The summed E-state index contributed by atoms with van der Waals surface area (Å²) in [5.41, 5.74) is 2.27. The maximum Gasteiger partial charge on any atom is 0.335 e. The highest BCUT2D eigenvalue weighted by atomic mass is 79.9. The maximum absolute atomic E-state index is 10.7. The highest BCUT2D eigenvalue weighted by Crippen LogP contribution is 2.18. The van der Waals surface area contributed by atoms with Gasteiger partial charge < -0.3 is 5.11 Å². The van der Waals surface area contributed by atoms with Gasteiger partial charge in [0.1, 0.15) is 4.60 Å². The van der Waals surface area contributed by atoms with Crippen molar-refractivity contribution in [3.63, 3.8) is 0 Å². The number of hydrogen-bond donors (Lipinski definition) is 1. The predicted molar refractivity (Wildman–Crippen MR) is 58.9 cm³/mol. The van der Waals surface area contributed by atoms with Crippen molar-refractivity contribution in [2.75, 3.05) is 0 Å². The number of carboxylic acid groups (broad SMARTS) is 1. The first-order valence-corrected chi connectivity index (χ1v) is 5.04. The highest BCUT2D eigenvalue weighted by Gasteiger charge is 2.06. The quantitative estimate of drug-likeness (QED) is 0.861. The Hall–Kier alpha value is -1.49. The standard InChI is InChI=1S/C10H7BrN2O2/c1-5-9(11)13-8-4-6(10(14)15)2-3-7(8)12-5/h2-4H,1H3,(H,14,15). The second-order valence-electron chi connectivity index (χ2n) is 3.11. The molecule has 4 nitrogen and oxygen atoms in total. The molecule has 0 fully saturated rings. The van der Waals surface area contributed by atoms with E-state index in [2.05, 4.69) is 25.9 Å². The van der Waals surface area contributed by atoms with Gasteiger partial charge in [0.05, 0.1) is 22.3 Å². The molecular weight excluding hydrogens is 260 g/mol. The van der Waals surface area contributed by atoms with Gasteiger partial charge in [0.15, 0.2) is 0 Å². The van der Waals surface area contributed by atoms with Crippen LogP contribution in [0.4, 0.5) is 0 Å². The first-order chi connectivity index (χ1) is 7.08. The Balaban J connectivity index is 2.72. The Kier molecular flexibility index (Phi) is 2.40. The lowest BCUT2D eigenvalue weighted by Gasteiger charge is -2.01. The Morgan fingerprint density at radius 2 is 2.07 bits per heavy atom. The van der Waals surface area contributed by atoms with Crippen LogP contribution in [0.5, 0.6) is 0 Å². The van der Waals surface area contributed by atoms with E-state index in [1.165, 1.54) is 12.1 Å². The molecule has 2 aromatic rings. The average molecular weight is 267 g/mol. The van der Waals surface area contributed by atoms with Gasteiger partial charge >= 0.3 is 5.97 Å². The van der Waals surface area contributed by atoms with Crippen LogP contribution in [0.3, 0.4) is 0 Å². The van der Waals surface area contributed by atoms with Gasteiger partial charge in [-0.05, 0) is 41.1 Å². The molecule has 5 heteroatoms. The van der Waals surface area contributed by atoms with Crippen LogP contribution >= 0.6 is 15.9 Å². The summed E-state index contributed by atoms with van der Waals surface area (Å²) < 4.78 is 0.637. The minimum atomic E-state index is -0.963. The van der Waals surface area contributed by atoms with Crippen LogP contribution in [0.15, 0.2) is 22.8 Å². The number of carbonyl (C=O) groups is 1. The number of carboxylic acids is 1. The van der Waals surface area contributed by atoms with Crippen LogP contribution in [0.1, 0.15) is 16.1 Å². The molecule has 1 N–H and O–H groups in total. The van der Waals surface area contributed by atoms with E-state index in [0.29, 0.717) is 15.6 Å². The highest BCUT2D eigenvalue weighted by molar-refractivity contribution is 9.10. The molecule has 0 bridgehead atoms. The number of aryl methyl sites for hydroxylation is 1. The Morgan fingerprint density at radius 1 is 1.33 bits per heavy atom. The van der Waals surface area contributed by atoms with Crippen molar-refractivity contribution >= 4 is 32.9 Å². The molecule has 0 aliphatic heterocycles. The largest absolute Gasteiger partial charge is 0.478 e. The maximum atomic E-state index is 10.7. The van der Waals surface area contributed by atoms with Crippen molar-refractivity contribution in [3.8, 4) is 0 Å². The lowest BCUT2D eigenvalue weighted by atomic mass is 10.2. The Morgan fingerprint density at radius 3 is 2.73 bits per heavy atom. The van der Waals surface area contributed by atoms with Crippen LogP contribution in [0.25, 0.3) is 11.0 Å². The van der Waals surface area contributed by atoms with Gasteiger partial charge in [-0.15, -0.1) is 0 Å². The third-order valence-corrected chi connectivity index (χ3v) is 2.78. The van der Waals surface area contributed by atoms with E-state index < -0.39 is 5.97 Å². The second-order valence-corrected chi connectivity index (χ2v) is 3.86. The van der Waals surface area contributed by atoms with Crippen LogP contribution < -0.4 is 0 Å². The van der Waals surface area contributed by atoms with Crippen LogP contribution in [0, 0.1) is 6.92 Å². The summed E-state index contributed by atoms with van der Waals surface area (Å²) in [5.74, 6) is -0.963. The van der Waals surface area contributed by atoms with Crippen molar-refractivity contribution in [2.45, 2.75) is 6.92 Å². The number of rotatable bonds is 1. The van der Waals surface area contributed by atoms with E-state index >= 15 is 0 Å². The fraction of sp³-hybridized carbons (Fsp3) is 0.100. The normalized spacial score (nSPS) is 10.5. The summed E-state index contributed by atoms with van der Waals surface area (Å²) in [4.78, 5) is 19.2. The van der Waals surface area contributed by atoms with E-state index in [9.17, 15) is 4.79 Å². The minimum Gasteiger partial charge on any atom is -0.478 e. The molecule has 76 valence electrons. The molecule has 1 aromatic heterocycles. The van der Waals surface area contributed by atoms with Crippen molar-refractivity contribution < 1.29 is 9.90 Å². The van der Waals surface area contributed by atoms with Gasteiger partial charge in [0.2, 0.25) is 0 Å². The third-order valence-electron chi connectivity index (χ3n) is 2.03. The Labute approximate surface area is 94.1 Å². The number of aromatic nitrogens is 2. The van der Waals surface area contributed by atoms with Gasteiger partial charge in [-0.25, -0.2) is 14.8 Å². The summed E-state index contributed by atoms with van der Waals surface area (Å²) in [6, 6.07) is 4.69. The summed E-state index contributed by atoms with van der Waals surface area (Å²) in [6.45, 7) is 1.83. The minimum absolute atomic E-state index is 0.215. The lowest BCUT2D eigenvalue weighted by Crippen LogP contribution is -1.97. The molecule has 0 aliphatic carbocycles. The molecule has 2 rings (SSSR count). The molecule has 15 heavy (non-hydrogen) atoms. The number of benzene rings is 1. The molecule has 1 heterocycles. The summed E-state index contributed by atoms with van der Waals surface area (Å²) in [6.07, 6.45) is 0. The topological polar surface area (TPSA) is 63.1 Å². The van der Waals surface area contributed by atoms with Gasteiger partial charge in [-0.2, -0.15) is 0 Å². The van der Waals surface area contributed by atoms with Gasteiger partial charge in [0.25, 0.3) is 0 Å². The van der Waals surface area contributed by atoms with Gasteiger partial charge in [-0.3, -0.25) is 0 Å². The number of nitrogens with zero attached hydrogens (tertiary/aromatic N) is 2. The number of fused-ring (bicyclic) bond motifs is 1. The Bertz CT molecular complexity index is 554. The molecule has 0 amide bonds. The molecule has 0 saturated heterocycles. The predicted octanol–water partition coefficient (Wildman–Crippen LogP) is 2.40. The average Bonchev–Trinajstić information content (AvgIpc) is 2.19. The molecule has 0 saturated carbocycles. The molecule has 0 atom stereocenters. The van der Waals surface area contributed by atoms with Crippen LogP contribution in [-0.4, -0.2) is 21.0 Å². The summed E-state index contributed by atoms with van der Waals surface area (Å²) in [5, 5.41) is 8.81. The molecular formula is C10H7BrN2O2. The summed E-state index contributed by atoms with van der Waals surface area (Å²) in [7, 11) is 0. The zero-order valence-electron chi connectivity index (χ0n) is 7.86. The van der Waals surface area contributed by atoms with Crippen molar-refractivity contribution in [2.24, 2.45) is 0 Å². The van der Waals surface area contributed by atoms with Crippen molar-refractivity contribution in [3.05, 3.63) is 34.1 Å².